The van der Waals surface area contributed by atoms with Gasteiger partial charge in [-0.25, -0.2) is 0 Å². The molecule has 2 nitrogen and oxygen atoms in total. The molecule has 0 aliphatic carbocycles. The molecule has 0 aliphatic rings. The molecule has 0 rings (SSSR count). The van der Waals surface area contributed by atoms with Crippen LogP contribution in [0.5, 0.6) is 0 Å². The van der Waals surface area contributed by atoms with Gasteiger partial charge in [-0.05, 0) is 31.7 Å². The van der Waals surface area contributed by atoms with Crippen LogP contribution in [0.4, 0.5) is 0 Å². The normalized spacial score (nSPS) is 15.5. The minimum absolute atomic E-state index is 0.354. The van der Waals surface area contributed by atoms with Crippen LogP contribution in [0, 0.1) is 11.8 Å². The standard InChI is InChI=1S/C15H33NO/c1-7-16-14(11-9-10-12(3)4)15(13(5)6)17-8-2/h12-16H,7-11H2,1-6H3. The second-order valence-electron chi connectivity index (χ2n) is 5.65. The number of likely N-dealkylation sites (N-methyl/N-ethyl adjacent to an activating group) is 1. The van der Waals surface area contributed by atoms with Crippen molar-refractivity contribution in [1.29, 1.82) is 0 Å². The number of hydrogen-bond donors (Lipinski definition) is 1. The van der Waals surface area contributed by atoms with E-state index >= 15 is 0 Å². The molecule has 0 aromatic rings. The summed E-state index contributed by atoms with van der Waals surface area (Å²) in [5.74, 6) is 1.39. The van der Waals surface area contributed by atoms with E-state index in [-0.39, 0.29) is 0 Å². The highest BCUT2D eigenvalue weighted by Crippen LogP contribution is 2.17. The van der Waals surface area contributed by atoms with E-state index in [1.807, 2.05) is 0 Å². The molecule has 2 heteroatoms. The molecule has 0 fully saturated rings. The first-order valence-electron chi connectivity index (χ1n) is 7.37. The fourth-order valence-corrected chi connectivity index (χ4v) is 2.36. The Hall–Kier alpha value is -0.0800. The minimum atomic E-state index is 0.354. The molecule has 0 aliphatic heterocycles. The Morgan fingerprint density at radius 1 is 1.00 bits per heavy atom. The van der Waals surface area contributed by atoms with Gasteiger partial charge in [-0.15, -0.1) is 0 Å². The molecule has 0 spiro atoms. The maximum Gasteiger partial charge on any atom is 0.0750 e. The summed E-state index contributed by atoms with van der Waals surface area (Å²) in [5.41, 5.74) is 0. The van der Waals surface area contributed by atoms with Crippen molar-refractivity contribution in [1.82, 2.24) is 5.32 Å². The minimum Gasteiger partial charge on any atom is -0.377 e. The third-order valence-corrected chi connectivity index (χ3v) is 3.18. The fraction of sp³-hybridized carbons (Fsp3) is 1.00. The quantitative estimate of drug-likeness (QED) is 0.629. The summed E-state index contributed by atoms with van der Waals surface area (Å²) in [6, 6.07) is 0.513. The number of ether oxygens (including phenoxy) is 1. The molecule has 17 heavy (non-hydrogen) atoms. The Bertz CT molecular complexity index is 168. The van der Waals surface area contributed by atoms with Gasteiger partial charge in [0.2, 0.25) is 0 Å². The van der Waals surface area contributed by atoms with Crippen LogP contribution in [0.15, 0.2) is 0 Å². The summed E-state index contributed by atoms with van der Waals surface area (Å²) >= 11 is 0. The molecule has 2 atom stereocenters. The zero-order valence-electron chi connectivity index (χ0n) is 12.8. The lowest BCUT2D eigenvalue weighted by molar-refractivity contribution is 0.00113. The van der Waals surface area contributed by atoms with E-state index < -0.39 is 0 Å². The third-order valence-electron chi connectivity index (χ3n) is 3.18. The van der Waals surface area contributed by atoms with Crippen LogP contribution in [0.25, 0.3) is 0 Å². The summed E-state index contributed by atoms with van der Waals surface area (Å²) in [4.78, 5) is 0. The smallest absolute Gasteiger partial charge is 0.0750 e. The molecule has 104 valence electrons. The van der Waals surface area contributed by atoms with Gasteiger partial charge < -0.3 is 10.1 Å². The molecule has 0 heterocycles. The first-order chi connectivity index (χ1) is 8.02. The maximum absolute atomic E-state index is 5.91. The van der Waals surface area contributed by atoms with E-state index in [0.29, 0.717) is 18.1 Å². The molecule has 0 radical (unpaired) electrons. The number of hydrogen-bond acceptors (Lipinski definition) is 2. The van der Waals surface area contributed by atoms with Crippen LogP contribution in [-0.2, 0) is 4.74 Å². The average molecular weight is 243 g/mol. The Morgan fingerprint density at radius 3 is 2.06 bits per heavy atom. The van der Waals surface area contributed by atoms with Crippen molar-refractivity contribution in [3.63, 3.8) is 0 Å². The fourth-order valence-electron chi connectivity index (χ4n) is 2.36. The van der Waals surface area contributed by atoms with Crippen molar-refractivity contribution < 1.29 is 4.74 Å². The Morgan fingerprint density at radius 2 is 1.65 bits per heavy atom. The van der Waals surface area contributed by atoms with Gasteiger partial charge in [0.1, 0.15) is 0 Å². The molecule has 2 unspecified atom stereocenters. The highest BCUT2D eigenvalue weighted by atomic mass is 16.5. The molecule has 0 aromatic carbocycles. The highest BCUT2D eigenvalue weighted by molar-refractivity contribution is 4.79. The van der Waals surface area contributed by atoms with Gasteiger partial charge in [-0.1, -0.05) is 47.5 Å². The van der Waals surface area contributed by atoms with Gasteiger partial charge in [0, 0.05) is 12.6 Å². The van der Waals surface area contributed by atoms with E-state index in [9.17, 15) is 0 Å². The van der Waals surface area contributed by atoms with Crippen molar-refractivity contribution >= 4 is 0 Å². The molecule has 0 saturated heterocycles. The summed E-state index contributed by atoms with van der Waals surface area (Å²) in [6.45, 7) is 15.2. The van der Waals surface area contributed by atoms with Crippen molar-refractivity contribution in [2.75, 3.05) is 13.2 Å². The maximum atomic E-state index is 5.91. The Kier molecular flexibility index (Phi) is 9.85. The van der Waals surface area contributed by atoms with Crippen molar-refractivity contribution in [2.45, 2.75) is 73.0 Å². The zero-order chi connectivity index (χ0) is 13.3. The predicted octanol–water partition coefficient (Wildman–Crippen LogP) is 3.85. The highest BCUT2D eigenvalue weighted by Gasteiger charge is 2.23. The van der Waals surface area contributed by atoms with E-state index in [0.717, 1.165) is 19.1 Å². The zero-order valence-corrected chi connectivity index (χ0v) is 12.8. The lowest BCUT2D eigenvalue weighted by atomic mass is 9.93. The second kappa shape index (κ2) is 9.90. The molecule has 0 saturated carbocycles. The SMILES string of the molecule is CCNC(CCCC(C)C)C(OCC)C(C)C. The molecule has 1 N–H and O–H groups in total. The van der Waals surface area contributed by atoms with E-state index in [2.05, 4.69) is 46.9 Å². The topological polar surface area (TPSA) is 21.3 Å². The monoisotopic (exact) mass is 243 g/mol. The largest absolute Gasteiger partial charge is 0.377 e. The molecule has 0 bridgehead atoms. The summed E-state index contributed by atoms with van der Waals surface area (Å²) in [7, 11) is 0. The van der Waals surface area contributed by atoms with Crippen molar-refractivity contribution in [3.8, 4) is 0 Å². The van der Waals surface area contributed by atoms with Gasteiger partial charge in [-0.3, -0.25) is 0 Å². The lowest BCUT2D eigenvalue weighted by Crippen LogP contribution is -2.44. The summed E-state index contributed by atoms with van der Waals surface area (Å²) < 4.78 is 5.91. The van der Waals surface area contributed by atoms with Gasteiger partial charge in [0.15, 0.2) is 0 Å². The molecular weight excluding hydrogens is 210 g/mol. The lowest BCUT2D eigenvalue weighted by Gasteiger charge is -2.31. The van der Waals surface area contributed by atoms with Gasteiger partial charge >= 0.3 is 0 Å². The van der Waals surface area contributed by atoms with Crippen LogP contribution in [0.1, 0.15) is 60.8 Å². The predicted molar refractivity (Wildman–Crippen MR) is 76.4 cm³/mol. The molecular formula is C15H33NO. The van der Waals surface area contributed by atoms with Crippen LogP contribution < -0.4 is 5.32 Å². The molecule has 0 aromatic heterocycles. The second-order valence-corrected chi connectivity index (χ2v) is 5.65. The Balaban J connectivity index is 4.24. The van der Waals surface area contributed by atoms with Gasteiger partial charge in [0.25, 0.3) is 0 Å². The third kappa shape index (κ3) is 7.77. The average Bonchev–Trinajstić information content (AvgIpc) is 2.24. The Labute approximate surface area is 109 Å². The van der Waals surface area contributed by atoms with Gasteiger partial charge in [-0.2, -0.15) is 0 Å². The van der Waals surface area contributed by atoms with E-state index in [1.165, 1.54) is 19.3 Å². The van der Waals surface area contributed by atoms with Crippen molar-refractivity contribution in [2.24, 2.45) is 11.8 Å². The van der Waals surface area contributed by atoms with Crippen LogP contribution in [-0.4, -0.2) is 25.3 Å². The van der Waals surface area contributed by atoms with E-state index in [4.69, 9.17) is 4.74 Å². The van der Waals surface area contributed by atoms with Crippen LogP contribution in [0.3, 0.4) is 0 Å². The van der Waals surface area contributed by atoms with E-state index in [1.54, 1.807) is 0 Å². The van der Waals surface area contributed by atoms with Gasteiger partial charge in [0.05, 0.1) is 6.10 Å². The summed E-state index contributed by atoms with van der Waals surface area (Å²) in [6.07, 6.45) is 4.20. The first kappa shape index (κ1) is 16.9. The number of rotatable bonds is 10. The van der Waals surface area contributed by atoms with Crippen molar-refractivity contribution in [3.05, 3.63) is 0 Å². The van der Waals surface area contributed by atoms with Crippen LogP contribution >= 0.6 is 0 Å². The van der Waals surface area contributed by atoms with Crippen LogP contribution in [0.2, 0.25) is 0 Å². The first-order valence-corrected chi connectivity index (χ1v) is 7.37. The molecule has 0 amide bonds. The summed E-state index contributed by atoms with van der Waals surface area (Å²) in [5, 5.41) is 3.60. The number of nitrogens with one attached hydrogen (secondary N) is 1.